The minimum absolute atomic E-state index is 0.163. The number of benzene rings is 2. The summed E-state index contributed by atoms with van der Waals surface area (Å²) in [5, 5.41) is 6.80. The standard InChI is InChI=1S/C24H24N4O4/c1-3-31-22-14-18(15-26-28-24(30)19-10-12-25-13-11-19)8-9-21(22)32-16-23(29)27-20-7-5-4-6-17(20)2/h4-15H,3,16H2,1-2H3,(H,27,29)(H,28,30). The van der Waals surface area contributed by atoms with Gasteiger partial charge in [0.1, 0.15) is 0 Å². The van der Waals surface area contributed by atoms with E-state index in [1.165, 1.54) is 18.6 Å². The zero-order valence-electron chi connectivity index (χ0n) is 17.9. The van der Waals surface area contributed by atoms with E-state index in [4.69, 9.17) is 9.47 Å². The van der Waals surface area contributed by atoms with Crippen molar-refractivity contribution in [3.05, 3.63) is 83.7 Å². The smallest absolute Gasteiger partial charge is 0.271 e. The molecule has 0 fully saturated rings. The van der Waals surface area contributed by atoms with Crippen LogP contribution in [0.2, 0.25) is 0 Å². The van der Waals surface area contributed by atoms with Crippen molar-refractivity contribution in [2.45, 2.75) is 13.8 Å². The van der Waals surface area contributed by atoms with Gasteiger partial charge in [0.15, 0.2) is 18.1 Å². The van der Waals surface area contributed by atoms with Gasteiger partial charge in [0, 0.05) is 23.6 Å². The molecule has 32 heavy (non-hydrogen) atoms. The molecule has 1 aromatic heterocycles. The number of pyridine rings is 1. The summed E-state index contributed by atoms with van der Waals surface area (Å²) in [6.07, 6.45) is 4.57. The van der Waals surface area contributed by atoms with Gasteiger partial charge in [-0.1, -0.05) is 18.2 Å². The quantitative estimate of drug-likeness (QED) is 0.398. The van der Waals surface area contributed by atoms with Crippen molar-refractivity contribution in [1.82, 2.24) is 10.4 Å². The van der Waals surface area contributed by atoms with E-state index >= 15 is 0 Å². The third-order valence-electron chi connectivity index (χ3n) is 4.37. The number of amides is 2. The fourth-order valence-electron chi connectivity index (χ4n) is 2.77. The van der Waals surface area contributed by atoms with Gasteiger partial charge in [-0.25, -0.2) is 5.43 Å². The fraction of sp³-hybridized carbons (Fsp3) is 0.167. The van der Waals surface area contributed by atoms with Crippen LogP contribution < -0.4 is 20.2 Å². The SMILES string of the molecule is CCOc1cc(C=NNC(=O)c2ccncc2)ccc1OCC(=O)Nc1ccccc1C. The summed E-state index contributed by atoms with van der Waals surface area (Å²) in [7, 11) is 0. The third-order valence-corrected chi connectivity index (χ3v) is 4.37. The van der Waals surface area contributed by atoms with Crippen LogP contribution in [-0.2, 0) is 4.79 Å². The number of hydrazone groups is 1. The topological polar surface area (TPSA) is 102 Å². The molecule has 0 saturated carbocycles. The zero-order valence-corrected chi connectivity index (χ0v) is 17.9. The molecule has 2 aromatic carbocycles. The predicted molar refractivity (Wildman–Crippen MR) is 122 cm³/mol. The number of hydrogen-bond donors (Lipinski definition) is 2. The maximum absolute atomic E-state index is 12.3. The molecule has 3 aromatic rings. The largest absolute Gasteiger partial charge is 0.490 e. The maximum atomic E-state index is 12.3. The lowest BCUT2D eigenvalue weighted by Crippen LogP contribution is -2.20. The van der Waals surface area contributed by atoms with Crippen molar-refractivity contribution in [1.29, 1.82) is 0 Å². The number of rotatable bonds is 9. The average Bonchev–Trinajstić information content (AvgIpc) is 2.81. The molecule has 0 aliphatic rings. The van der Waals surface area contributed by atoms with Crippen LogP contribution in [0.25, 0.3) is 0 Å². The Morgan fingerprint density at radius 3 is 2.56 bits per heavy atom. The molecular weight excluding hydrogens is 408 g/mol. The van der Waals surface area contributed by atoms with E-state index in [-0.39, 0.29) is 18.4 Å². The minimum atomic E-state index is -0.340. The molecule has 0 aliphatic carbocycles. The van der Waals surface area contributed by atoms with Crippen molar-refractivity contribution in [2.24, 2.45) is 5.10 Å². The summed E-state index contributed by atoms with van der Waals surface area (Å²) in [5.74, 6) is 0.296. The summed E-state index contributed by atoms with van der Waals surface area (Å²) >= 11 is 0. The Balaban J connectivity index is 1.60. The number of carbonyl (C=O) groups is 2. The molecule has 0 bridgehead atoms. The van der Waals surface area contributed by atoms with Gasteiger partial charge in [0.25, 0.3) is 11.8 Å². The monoisotopic (exact) mass is 432 g/mol. The lowest BCUT2D eigenvalue weighted by molar-refractivity contribution is -0.118. The molecule has 0 atom stereocenters. The molecule has 2 N–H and O–H groups in total. The van der Waals surface area contributed by atoms with Gasteiger partial charge in [-0.2, -0.15) is 5.10 Å². The highest BCUT2D eigenvalue weighted by atomic mass is 16.5. The van der Waals surface area contributed by atoms with E-state index in [2.05, 4.69) is 20.8 Å². The van der Waals surface area contributed by atoms with Crippen molar-refractivity contribution in [3.8, 4) is 11.5 Å². The zero-order chi connectivity index (χ0) is 22.8. The van der Waals surface area contributed by atoms with Crippen LogP contribution in [0.4, 0.5) is 5.69 Å². The summed E-state index contributed by atoms with van der Waals surface area (Å²) in [6.45, 7) is 4.03. The second-order valence-electron chi connectivity index (χ2n) is 6.73. The second kappa shape index (κ2) is 11.3. The molecule has 8 nitrogen and oxygen atoms in total. The van der Waals surface area contributed by atoms with Crippen LogP contribution >= 0.6 is 0 Å². The molecule has 0 aliphatic heterocycles. The van der Waals surface area contributed by atoms with Crippen molar-refractivity contribution in [3.63, 3.8) is 0 Å². The molecule has 0 saturated heterocycles. The first-order valence-electron chi connectivity index (χ1n) is 10.1. The highest BCUT2D eigenvalue weighted by molar-refractivity contribution is 5.95. The molecular formula is C24H24N4O4. The first-order valence-corrected chi connectivity index (χ1v) is 10.1. The van der Waals surface area contributed by atoms with Crippen molar-refractivity contribution >= 4 is 23.7 Å². The van der Waals surface area contributed by atoms with E-state index in [1.54, 1.807) is 30.3 Å². The van der Waals surface area contributed by atoms with Crippen LogP contribution in [0.15, 0.2) is 72.1 Å². The molecule has 0 unspecified atom stereocenters. The van der Waals surface area contributed by atoms with Crippen LogP contribution in [0, 0.1) is 6.92 Å². The normalized spacial score (nSPS) is 10.6. The van der Waals surface area contributed by atoms with Crippen LogP contribution in [0.1, 0.15) is 28.4 Å². The van der Waals surface area contributed by atoms with E-state index in [0.717, 1.165) is 11.3 Å². The van der Waals surface area contributed by atoms with Crippen LogP contribution in [-0.4, -0.2) is 36.2 Å². The van der Waals surface area contributed by atoms with Gasteiger partial charge in [-0.15, -0.1) is 0 Å². The Bertz CT molecular complexity index is 1100. The Hall–Kier alpha value is -4.20. The number of ether oxygens (including phenoxy) is 2. The number of nitrogens with zero attached hydrogens (tertiary/aromatic N) is 2. The second-order valence-corrected chi connectivity index (χ2v) is 6.73. The van der Waals surface area contributed by atoms with E-state index in [9.17, 15) is 9.59 Å². The van der Waals surface area contributed by atoms with E-state index < -0.39 is 0 Å². The highest BCUT2D eigenvalue weighted by Crippen LogP contribution is 2.28. The molecule has 0 radical (unpaired) electrons. The first kappa shape index (κ1) is 22.5. The number of aryl methyl sites for hydroxylation is 1. The molecule has 164 valence electrons. The number of nitrogens with one attached hydrogen (secondary N) is 2. The molecule has 1 heterocycles. The lowest BCUT2D eigenvalue weighted by atomic mass is 10.2. The number of carbonyl (C=O) groups excluding carboxylic acids is 2. The maximum Gasteiger partial charge on any atom is 0.271 e. The number of aromatic nitrogens is 1. The van der Waals surface area contributed by atoms with Crippen LogP contribution in [0.3, 0.4) is 0 Å². The van der Waals surface area contributed by atoms with Gasteiger partial charge in [-0.05, 0) is 61.4 Å². The highest BCUT2D eigenvalue weighted by Gasteiger charge is 2.10. The van der Waals surface area contributed by atoms with Gasteiger partial charge in [0.05, 0.1) is 12.8 Å². The van der Waals surface area contributed by atoms with Gasteiger partial charge in [0.2, 0.25) is 0 Å². The molecule has 8 heteroatoms. The summed E-state index contributed by atoms with van der Waals surface area (Å²) in [5.41, 5.74) is 5.32. The number of hydrogen-bond acceptors (Lipinski definition) is 6. The number of anilines is 1. The van der Waals surface area contributed by atoms with Gasteiger partial charge < -0.3 is 14.8 Å². The Morgan fingerprint density at radius 1 is 1.03 bits per heavy atom. The van der Waals surface area contributed by atoms with Gasteiger partial charge >= 0.3 is 0 Å². The minimum Gasteiger partial charge on any atom is -0.490 e. The van der Waals surface area contributed by atoms with Crippen molar-refractivity contribution < 1.29 is 19.1 Å². The Labute approximate surface area is 186 Å². The summed E-state index contributed by atoms with van der Waals surface area (Å²) in [6, 6.07) is 15.9. The fourth-order valence-corrected chi connectivity index (χ4v) is 2.77. The summed E-state index contributed by atoms with van der Waals surface area (Å²) < 4.78 is 11.3. The predicted octanol–water partition coefficient (Wildman–Crippen LogP) is 3.57. The molecule has 3 rings (SSSR count). The Morgan fingerprint density at radius 2 is 1.81 bits per heavy atom. The van der Waals surface area contributed by atoms with Crippen molar-refractivity contribution in [2.75, 3.05) is 18.5 Å². The first-order chi connectivity index (χ1) is 15.6. The lowest BCUT2D eigenvalue weighted by Gasteiger charge is -2.13. The third kappa shape index (κ3) is 6.40. The van der Waals surface area contributed by atoms with E-state index in [0.29, 0.717) is 29.2 Å². The van der Waals surface area contributed by atoms with Crippen LogP contribution in [0.5, 0.6) is 11.5 Å². The summed E-state index contributed by atoms with van der Waals surface area (Å²) in [4.78, 5) is 28.2. The average molecular weight is 432 g/mol. The van der Waals surface area contributed by atoms with Gasteiger partial charge in [-0.3, -0.25) is 14.6 Å². The molecule has 2 amide bonds. The number of para-hydroxylation sites is 1. The molecule has 0 spiro atoms. The Kier molecular flexibility index (Phi) is 7.91. The van der Waals surface area contributed by atoms with E-state index in [1.807, 2.05) is 38.1 Å².